The van der Waals surface area contributed by atoms with Crippen molar-refractivity contribution in [2.45, 2.75) is 39.7 Å². The Bertz CT molecular complexity index is 1280. The highest BCUT2D eigenvalue weighted by atomic mass is 32.1. The first kappa shape index (κ1) is 22.9. The number of rotatable bonds is 8. The van der Waals surface area contributed by atoms with E-state index in [1.807, 2.05) is 77.9 Å². The van der Waals surface area contributed by atoms with Gasteiger partial charge in [-0.05, 0) is 55.0 Å². The van der Waals surface area contributed by atoms with Gasteiger partial charge in [0, 0.05) is 11.4 Å². The zero-order valence-corrected chi connectivity index (χ0v) is 20.1. The van der Waals surface area contributed by atoms with E-state index >= 15 is 0 Å². The lowest BCUT2D eigenvalue weighted by Gasteiger charge is -2.31. The van der Waals surface area contributed by atoms with Crippen LogP contribution in [-0.4, -0.2) is 26.9 Å². The monoisotopic (exact) mass is 459 g/mol. The second-order valence-electron chi connectivity index (χ2n) is 8.67. The molecule has 1 amide bonds. The molecule has 4 rings (SSSR count). The number of benzene rings is 2. The van der Waals surface area contributed by atoms with Crippen LogP contribution < -0.4 is 5.56 Å². The number of hydrogen-bond acceptors (Lipinski definition) is 4. The first-order chi connectivity index (χ1) is 16.0. The summed E-state index contributed by atoms with van der Waals surface area (Å²) >= 11 is 1.59. The summed E-state index contributed by atoms with van der Waals surface area (Å²) in [6.45, 7) is 6.89. The van der Waals surface area contributed by atoms with Crippen LogP contribution in [0.4, 0.5) is 0 Å². The van der Waals surface area contributed by atoms with E-state index in [9.17, 15) is 9.59 Å². The number of hydrogen-bond donors (Lipinski definition) is 0. The Labute approximate surface area is 198 Å². The van der Waals surface area contributed by atoms with E-state index in [1.165, 1.54) is 0 Å². The maximum atomic E-state index is 13.6. The molecule has 0 bridgehead atoms. The smallest absolute Gasteiger partial charge is 0.266 e. The molecule has 2 heterocycles. The van der Waals surface area contributed by atoms with Gasteiger partial charge >= 0.3 is 0 Å². The Hall–Kier alpha value is -3.25. The number of para-hydroxylation sites is 2. The lowest BCUT2D eigenvalue weighted by Crippen LogP contribution is -2.39. The van der Waals surface area contributed by atoms with Crippen LogP contribution in [0.1, 0.15) is 43.9 Å². The van der Waals surface area contributed by atoms with Crippen molar-refractivity contribution >= 4 is 28.1 Å². The molecular formula is C27H29N3O2S. The second-order valence-corrected chi connectivity index (χ2v) is 9.70. The minimum absolute atomic E-state index is 0.0487. The van der Waals surface area contributed by atoms with Gasteiger partial charge in [0.25, 0.3) is 5.56 Å². The Kier molecular flexibility index (Phi) is 7.04. The average Bonchev–Trinajstić information content (AvgIpc) is 3.32. The molecule has 2 aromatic carbocycles. The van der Waals surface area contributed by atoms with Gasteiger partial charge < -0.3 is 4.90 Å². The molecule has 0 radical (unpaired) electrons. The highest BCUT2D eigenvalue weighted by Crippen LogP contribution is 2.25. The van der Waals surface area contributed by atoms with E-state index in [0.29, 0.717) is 35.6 Å². The summed E-state index contributed by atoms with van der Waals surface area (Å²) in [4.78, 5) is 34.9. The first-order valence-corrected chi connectivity index (χ1v) is 12.2. The molecule has 0 saturated heterocycles. The number of amides is 1. The SMILES string of the molecule is CC(C)CCN(C(=O)Cc1cccs1)C(C)c1nc2ccccc2c(=O)n1-c1ccccc1. The number of nitrogens with zero attached hydrogens (tertiary/aromatic N) is 3. The van der Waals surface area contributed by atoms with E-state index in [-0.39, 0.29) is 17.5 Å². The van der Waals surface area contributed by atoms with Crippen molar-refractivity contribution < 1.29 is 4.79 Å². The van der Waals surface area contributed by atoms with E-state index in [1.54, 1.807) is 22.0 Å². The third kappa shape index (κ3) is 5.06. The molecule has 0 aliphatic heterocycles. The molecule has 0 aliphatic rings. The van der Waals surface area contributed by atoms with Gasteiger partial charge in [0.2, 0.25) is 5.91 Å². The predicted octanol–water partition coefficient (Wildman–Crippen LogP) is 5.63. The van der Waals surface area contributed by atoms with Crippen LogP contribution in [-0.2, 0) is 11.2 Å². The lowest BCUT2D eigenvalue weighted by molar-refractivity contribution is -0.133. The van der Waals surface area contributed by atoms with Crippen molar-refractivity contribution in [3.8, 4) is 5.69 Å². The summed E-state index contributed by atoms with van der Waals surface area (Å²) in [6.07, 6.45) is 1.23. The fraction of sp³-hybridized carbons (Fsp3) is 0.296. The van der Waals surface area contributed by atoms with Crippen molar-refractivity contribution in [1.29, 1.82) is 0 Å². The zero-order valence-electron chi connectivity index (χ0n) is 19.3. The summed E-state index contributed by atoms with van der Waals surface area (Å²) in [6, 6.07) is 20.5. The van der Waals surface area contributed by atoms with Crippen molar-refractivity contribution in [3.63, 3.8) is 0 Å². The average molecular weight is 460 g/mol. The van der Waals surface area contributed by atoms with E-state index in [0.717, 1.165) is 17.0 Å². The molecule has 0 aliphatic carbocycles. The fourth-order valence-electron chi connectivity index (χ4n) is 3.99. The number of carbonyl (C=O) groups is 1. The molecule has 33 heavy (non-hydrogen) atoms. The third-order valence-electron chi connectivity index (χ3n) is 5.83. The minimum Gasteiger partial charge on any atom is -0.332 e. The molecule has 5 nitrogen and oxygen atoms in total. The molecule has 4 aromatic rings. The summed E-state index contributed by atoms with van der Waals surface area (Å²) in [5.74, 6) is 1.08. The highest BCUT2D eigenvalue weighted by molar-refractivity contribution is 7.10. The lowest BCUT2D eigenvalue weighted by atomic mass is 10.1. The molecule has 0 spiro atoms. The van der Waals surface area contributed by atoms with Gasteiger partial charge in [-0.1, -0.05) is 50.2 Å². The van der Waals surface area contributed by atoms with Crippen LogP contribution in [0.25, 0.3) is 16.6 Å². The number of carbonyl (C=O) groups excluding carboxylic acids is 1. The maximum absolute atomic E-state index is 13.6. The van der Waals surface area contributed by atoms with Gasteiger partial charge in [-0.25, -0.2) is 4.98 Å². The van der Waals surface area contributed by atoms with Crippen LogP contribution in [0.15, 0.2) is 76.9 Å². The van der Waals surface area contributed by atoms with Crippen molar-refractivity contribution in [2.75, 3.05) is 6.54 Å². The second kappa shape index (κ2) is 10.1. The van der Waals surface area contributed by atoms with Gasteiger partial charge in [0.15, 0.2) is 0 Å². The molecule has 6 heteroatoms. The van der Waals surface area contributed by atoms with Crippen molar-refractivity contribution in [1.82, 2.24) is 14.5 Å². The van der Waals surface area contributed by atoms with Gasteiger partial charge in [0.05, 0.1) is 29.1 Å². The molecule has 0 N–H and O–H groups in total. The topological polar surface area (TPSA) is 55.2 Å². The molecule has 1 unspecified atom stereocenters. The first-order valence-electron chi connectivity index (χ1n) is 11.3. The normalized spacial score (nSPS) is 12.2. The summed E-state index contributed by atoms with van der Waals surface area (Å²) in [5, 5.41) is 2.55. The quantitative estimate of drug-likeness (QED) is 0.343. The number of aromatic nitrogens is 2. The van der Waals surface area contributed by atoms with Crippen LogP contribution >= 0.6 is 11.3 Å². The van der Waals surface area contributed by atoms with Crippen LogP contribution in [0.2, 0.25) is 0 Å². The van der Waals surface area contributed by atoms with Crippen LogP contribution in [0.3, 0.4) is 0 Å². The Morgan fingerprint density at radius 2 is 1.73 bits per heavy atom. The van der Waals surface area contributed by atoms with Gasteiger partial charge in [0.1, 0.15) is 5.82 Å². The molecular weight excluding hydrogens is 430 g/mol. The Morgan fingerprint density at radius 1 is 1.00 bits per heavy atom. The number of fused-ring (bicyclic) bond motifs is 1. The Balaban J connectivity index is 1.83. The van der Waals surface area contributed by atoms with E-state index in [2.05, 4.69) is 13.8 Å². The maximum Gasteiger partial charge on any atom is 0.266 e. The fourth-order valence-corrected chi connectivity index (χ4v) is 4.69. The molecule has 0 saturated carbocycles. The van der Waals surface area contributed by atoms with Gasteiger partial charge in [-0.3, -0.25) is 14.2 Å². The Morgan fingerprint density at radius 3 is 2.42 bits per heavy atom. The van der Waals surface area contributed by atoms with Gasteiger partial charge in [-0.2, -0.15) is 0 Å². The van der Waals surface area contributed by atoms with Crippen molar-refractivity contribution in [3.05, 3.63) is 93.2 Å². The summed E-state index contributed by atoms with van der Waals surface area (Å²) in [7, 11) is 0. The predicted molar refractivity (Wildman–Crippen MR) is 135 cm³/mol. The van der Waals surface area contributed by atoms with E-state index < -0.39 is 0 Å². The minimum atomic E-state index is -0.367. The third-order valence-corrected chi connectivity index (χ3v) is 6.71. The van der Waals surface area contributed by atoms with Gasteiger partial charge in [-0.15, -0.1) is 11.3 Å². The van der Waals surface area contributed by atoms with Crippen molar-refractivity contribution in [2.24, 2.45) is 5.92 Å². The van der Waals surface area contributed by atoms with E-state index in [4.69, 9.17) is 4.98 Å². The highest BCUT2D eigenvalue weighted by Gasteiger charge is 2.27. The molecule has 2 aromatic heterocycles. The number of thiophene rings is 1. The largest absolute Gasteiger partial charge is 0.332 e. The van der Waals surface area contributed by atoms with Crippen LogP contribution in [0.5, 0.6) is 0 Å². The molecule has 1 atom stereocenters. The zero-order chi connectivity index (χ0) is 23.4. The molecule has 0 fully saturated rings. The summed E-state index contributed by atoms with van der Waals surface area (Å²) < 4.78 is 1.66. The standard InChI is InChI=1S/C27H29N3O2S/c1-19(2)15-16-29(25(31)18-22-12-9-17-33-22)20(3)26-28-24-14-8-7-13-23(24)27(32)30(26)21-10-5-4-6-11-21/h4-14,17,19-20H,15-16,18H2,1-3H3. The molecule has 170 valence electrons. The van der Waals surface area contributed by atoms with Crippen LogP contribution in [0, 0.1) is 5.92 Å². The summed E-state index contributed by atoms with van der Waals surface area (Å²) in [5.41, 5.74) is 1.27.